The van der Waals surface area contributed by atoms with Gasteiger partial charge in [0.15, 0.2) is 0 Å². The van der Waals surface area contributed by atoms with E-state index in [1.165, 1.54) is 25.9 Å². The fourth-order valence-corrected chi connectivity index (χ4v) is 3.42. The monoisotopic (exact) mass is 236 g/mol. The summed E-state index contributed by atoms with van der Waals surface area (Å²) >= 11 is 0. The van der Waals surface area contributed by atoms with E-state index in [9.17, 15) is 0 Å². The van der Waals surface area contributed by atoms with Crippen LogP contribution in [-0.4, -0.2) is 50.6 Å². The van der Waals surface area contributed by atoms with Crippen LogP contribution in [0.2, 0.25) is 0 Å². The van der Waals surface area contributed by atoms with E-state index in [1.54, 1.807) is 5.57 Å². The zero-order chi connectivity index (χ0) is 12.6. The Labute approximate surface area is 107 Å². The van der Waals surface area contributed by atoms with E-state index in [1.807, 2.05) is 0 Å². The second-order valence-electron chi connectivity index (χ2n) is 6.86. The van der Waals surface area contributed by atoms with Crippen LogP contribution >= 0.6 is 0 Å². The fraction of sp³-hybridized carbons (Fsp3) is 0.867. The van der Waals surface area contributed by atoms with E-state index in [2.05, 4.69) is 50.9 Å². The van der Waals surface area contributed by atoms with Crippen molar-refractivity contribution in [3.05, 3.63) is 11.6 Å². The maximum atomic E-state index is 2.52. The highest BCUT2D eigenvalue weighted by Crippen LogP contribution is 2.59. The summed E-state index contributed by atoms with van der Waals surface area (Å²) in [6.07, 6.45) is 5.29. The summed E-state index contributed by atoms with van der Waals surface area (Å²) in [5, 5.41) is 0. The Morgan fingerprint density at radius 2 is 1.94 bits per heavy atom. The zero-order valence-corrected chi connectivity index (χ0v) is 12.2. The predicted octanol–water partition coefficient (Wildman–Crippen LogP) is 2.47. The fourth-order valence-electron chi connectivity index (χ4n) is 3.42. The molecule has 2 heteroatoms. The van der Waals surface area contributed by atoms with E-state index in [-0.39, 0.29) is 0 Å². The Kier molecular flexibility index (Phi) is 3.65. The highest BCUT2D eigenvalue weighted by atomic mass is 15.1. The molecule has 0 heterocycles. The van der Waals surface area contributed by atoms with Crippen LogP contribution in [0.5, 0.6) is 0 Å². The molecule has 0 unspecified atom stereocenters. The van der Waals surface area contributed by atoms with E-state index >= 15 is 0 Å². The Bertz CT molecular complexity index is 304. The maximum absolute atomic E-state index is 2.52. The molecule has 0 spiro atoms. The van der Waals surface area contributed by atoms with Crippen LogP contribution in [0, 0.1) is 17.3 Å². The van der Waals surface area contributed by atoms with Crippen molar-refractivity contribution in [3.8, 4) is 0 Å². The third-order valence-corrected chi connectivity index (χ3v) is 4.96. The van der Waals surface area contributed by atoms with Crippen molar-refractivity contribution in [3.63, 3.8) is 0 Å². The van der Waals surface area contributed by atoms with Gasteiger partial charge in [0.2, 0.25) is 0 Å². The van der Waals surface area contributed by atoms with Gasteiger partial charge in [-0.2, -0.15) is 0 Å². The lowest BCUT2D eigenvalue weighted by Crippen LogP contribution is -2.49. The molecule has 0 radical (unpaired) electrons. The summed E-state index contributed by atoms with van der Waals surface area (Å²) in [5.74, 6) is 1.83. The van der Waals surface area contributed by atoms with E-state index in [0.717, 1.165) is 18.4 Å². The topological polar surface area (TPSA) is 6.48 Å². The van der Waals surface area contributed by atoms with Gasteiger partial charge < -0.3 is 9.80 Å². The molecule has 3 rings (SSSR count). The Hall–Kier alpha value is -0.340. The summed E-state index contributed by atoms with van der Waals surface area (Å²) in [6.45, 7) is 8.41. The molecule has 0 aromatic heterocycles. The maximum Gasteiger partial charge on any atom is 0.0193 e. The molecule has 2 nitrogen and oxygen atoms in total. The molecule has 0 aliphatic heterocycles. The molecule has 98 valence electrons. The molecule has 0 aromatic rings. The number of fused-ring (bicyclic) bond motifs is 1. The number of rotatable bonds is 5. The predicted molar refractivity (Wildman–Crippen MR) is 74.1 cm³/mol. The molecular formula is C15H28N2. The van der Waals surface area contributed by atoms with Crippen LogP contribution in [0.15, 0.2) is 11.6 Å². The van der Waals surface area contributed by atoms with Crippen LogP contribution < -0.4 is 0 Å². The van der Waals surface area contributed by atoms with E-state index in [0.29, 0.717) is 5.41 Å². The number of allylic oxidation sites excluding steroid dienone is 1. The Balaban J connectivity index is 1.85. The number of hydrogen-bond donors (Lipinski definition) is 0. The molecule has 1 saturated carbocycles. The minimum Gasteiger partial charge on any atom is -0.308 e. The first-order chi connectivity index (χ1) is 7.91. The number of hydrogen-bond acceptors (Lipinski definition) is 2. The lowest BCUT2D eigenvalue weighted by molar-refractivity contribution is -0.0101. The highest BCUT2D eigenvalue weighted by Gasteiger charge is 2.50. The smallest absolute Gasteiger partial charge is 0.0193 e. The van der Waals surface area contributed by atoms with Crippen molar-refractivity contribution in [1.82, 2.24) is 9.80 Å². The summed E-state index contributed by atoms with van der Waals surface area (Å²) in [5.41, 5.74) is 2.28. The first-order valence-electron chi connectivity index (χ1n) is 6.93. The Morgan fingerprint density at radius 1 is 1.24 bits per heavy atom. The number of likely N-dealkylation sites (N-methyl/N-ethyl adjacent to an activating group) is 2. The van der Waals surface area contributed by atoms with Crippen LogP contribution in [0.4, 0.5) is 0 Å². The second-order valence-corrected chi connectivity index (χ2v) is 6.86. The molecule has 0 saturated heterocycles. The zero-order valence-electron chi connectivity index (χ0n) is 12.2. The van der Waals surface area contributed by atoms with Gasteiger partial charge in [-0.25, -0.2) is 0 Å². The van der Waals surface area contributed by atoms with Crippen LogP contribution in [-0.2, 0) is 0 Å². The largest absolute Gasteiger partial charge is 0.308 e. The number of nitrogens with zero attached hydrogens (tertiary/aromatic N) is 2. The standard InChI is InChI=1S/C15H28N2/c1-15(2)13-7-6-12(14(15)10-13)11-17(5)9-8-16(3)4/h6,13-14H,7-11H2,1-5H3/t13-,14+/m1/s1. The minimum atomic E-state index is 0.576. The van der Waals surface area contributed by atoms with Crippen molar-refractivity contribution in [2.75, 3.05) is 40.8 Å². The molecule has 17 heavy (non-hydrogen) atoms. The first kappa shape index (κ1) is 13.1. The van der Waals surface area contributed by atoms with Gasteiger partial charge in [0, 0.05) is 19.6 Å². The van der Waals surface area contributed by atoms with Crippen molar-refractivity contribution in [1.29, 1.82) is 0 Å². The quantitative estimate of drug-likeness (QED) is 0.677. The molecule has 0 N–H and O–H groups in total. The lowest BCUT2D eigenvalue weighted by Gasteiger charge is -2.57. The molecule has 2 bridgehead atoms. The third kappa shape index (κ3) is 2.58. The van der Waals surface area contributed by atoms with Gasteiger partial charge >= 0.3 is 0 Å². The van der Waals surface area contributed by atoms with Crippen LogP contribution in [0.25, 0.3) is 0 Å². The van der Waals surface area contributed by atoms with Gasteiger partial charge in [0.25, 0.3) is 0 Å². The Morgan fingerprint density at radius 3 is 2.47 bits per heavy atom. The van der Waals surface area contributed by atoms with Gasteiger partial charge in [-0.05, 0) is 51.2 Å². The van der Waals surface area contributed by atoms with Crippen molar-refractivity contribution in [2.45, 2.75) is 26.7 Å². The van der Waals surface area contributed by atoms with E-state index < -0.39 is 0 Å². The SMILES string of the molecule is CN(C)CCN(C)CC1=CC[C@@H]2C[C@@H]1C2(C)C. The lowest BCUT2D eigenvalue weighted by atomic mass is 9.49. The van der Waals surface area contributed by atoms with Gasteiger partial charge in [-0.15, -0.1) is 0 Å². The molecule has 3 aliphatic rings. The normalized spacial score (nSPS) is 30.4. The molecule has 0 amide bonds. The van der Waals surface area contributed by atoms with Crippen molar-refractivity contribution in [2.24, 2.45) is 17.3 Å². The summed E-state index contributed by atoms with van der Waals surface area (Å²) < 4.78 is 0. The van der Waals surface area contributed by atoms with Gasteiger partial charge in [-0.1, -0.05) is 25.5 Å². The third-order valence-electron chi connectivity index (χ3n) is 4.96. The molecule has 2 atom stereocenters. The van der Waals surface area contributed by atoms with E-state index in [4.69, 9.17) is 0 Å². The van der Waals surface area contributed by atoms with Gasteiger partial charge in [0.05, 0.1) is 0 Å². The second kappa shape index (κ2) is 4.74. The molecular weight excluding hydrogens is 208 g/mol. The van der Waals surface area contributed by atoms with Gasteiger partial charge in [-0.3, -0.25) is 0 Å². The summed E-state index contributed by atoms with van der Waals surface area (Å²) in [6, 6.07) is 0. The van der Waals surface area contributed by atoms with Crippen LogP contribution in [0.3, 0.4) is 0 Å². The van der Waals surface area contributed by atoms with Gasteiger partial charge in [0.1, 0.15) is 0 Å². The molecule has 0 aromatic carbocycles. The van der Waals surface area contributed by atoms with Crippen LogP contribution in [0.1, 0.15) is 26.7 Å². The average molecular weight is 236 g/mol. The first-order valence-corrected chi connectivity index (χ1v) is 6.93. The molecule has 3 aliphatic carbocycles. The van der Waals surface area contributed by atoms with Crippen molar-refractivity contribution < 1.29 is 0 Å². The molecule has 1 fully saturated rings. The highest BCUT2D eigenvalue weighted by molar-refractivity contribution is 5.24. The summed E-state index contributed by atoms with van der Waals surface area (Å²) in [4.78, 5) is 4.73. The van der Waals surface area contributed by atoms with Crippen molar-refractivity contribution >= 4 is 0 Å². The summed E-state index contributed by atoms with van der Waals surface area (Å²) in [7, 11) is 6.54. The minimum absolute atomic E-state index is 0.576. The average Bonchev–Trinajstić information content (AvgIpc) is 2.26.